The second-order valence-electron chi connectivity index (χ2n) is 5.94. The fraction of sp³-hybridized carbons (Fsp3) is 0.350. The number of nitrogens with zero attached hydrogens (tertiary/aromatic N) is 2. The van der Waals surface area contributed by atoms with E-state index >= 15 is 0 Å². The third-order valence-electron chi connectivity index (χ3n) is 4.24. The van der Waals surface area contributed by atoms with Crippen LogP contribution in [0.1, 0.15) is 12.5 Å². The number of hydrogen-bond acceptors (Lipinski definition) is 4. The lowest BCUT2D eigenvalue weighted by Gasteiger charge is -2.35. The number of hydrogen-bond donors (Lipinski definition) is 0. The van der Waals surface area contributed by atoms with E-state index in [1.54, 1.807) is 4.90 Å². The van der Waals surface area contributed by atoms with Gasteiger partial charge in [0.1, 0.15) is 12.4 Å². The molecule has 0 atom stereocenters. The van der Waals surface area contributed by atoms with Crippen LogP contribution in [0.15, 0.2) is 54.6 Å². The molecule has 25 heavy (non-hydrogen) atoms. The molecule has 0 saturated carbocycles. The number of piperazine rings is 1. The van der Waals surface area contributed by atoms with Gasteiger partial charge in [-0.05, 0) is 24.6 Å². The van der Waals surface area contributed by atoms with Crippen molar-refractivity contribution in [3.8, 4) is 5.75 Å². The highest BCUT2D eigenvalue weighted by molar-refractivity contribution is 5.68. The Labute approximate surface area is 148 Å². The van der Waals surface area contributed by atoms with Crippen LogP contribution < -0.4 is 9.64 Å². The zero-order chi connectivity index (χ0) is 17.5. The molecule has 0 radical (unpaired) electrons. The normalized spacial score (nSPS) is 14.3. The third-order valence-corrected chi connectivity index (χ3v) is 4.24. The van der Waals surface area contributed by atoms with Crippen LogP contribution in [0.5, 0.6) is 5.75 Å². The van der Waals surface area contributed by atoms with Crippen LogP contribution in [0.4, 0.5) is 10.5 Å². The molecular weight excluding hydrogens is 316 g/mol. The van der Waals surface area contributed by atoms with Crippen molar-refractivity contribution in [3.05, 3.63) is 60.2 Å². The first-order chi connectivity index (χ1) is 12.3. The number of carbonyl (C=O) groups excluding carboxylic acids is 1. The molecule has 5 nitrogen and oxygen atoms in total. The van der Waals surface area contributed by atoms with E-state index in [9.17, 15) is 4.79 Å². The van der Waals surface area contributed by atoms with Gasteiger partial charge in [0.15, 0.2) is 0 Å². The number of ether oxygens (including phenoxy) is 2. The molecule has 1 fully saturated rings. The van der Waals surface area contributed by atoms with E-state index in [-0.39, 0.29) is 6.09 Å². The van der Waals surface area contributed by atoms with Crippen LogP contribution in [0.25, 0.3) is 0 Å². The highest BCUT2D eigenvalue weighted by Gasteiger charge is 2.22. The van der Waals surface area contributed by atoms with Crippen molar-refractivity contribution in [3.63, 3.8) is 0 Å². The number of amides is 1. The summed E-state index contributed by atoms with van der Waals surface area (Å²) in [5.41, 5.74) is 2.13. The maximum absolute atomic E-state index is 12.2. The molecule has 1 heterocycles. The summed E-state index contributed by atoms with van der Waals surface area (Å²) in [5, 5.41) is 0. The van der Waals surface area contributed by atoms with Crippen molar-refractivity contribution in [2.45, 2.75) is 13.5 Å². The summed E-state index contributed by atoms with van der Waals surface area (Å²) >= 11 is 0. The Balaban J connectivity index is 1.49. The SMILES string of the molecule is CCOc1cccc(N2CCN(C(=O)OCc3ccccc3)CC2)c1. The quantitative estimate of drug-likeness (QED) is 0.835. The van der Waals surface area contributed by atoms with Crippen molar-refractivity contribution in [1.82, 2.24) is 4.90 Å². The van der Waals surface area contributed by atoms with Crippen molar-refractivity contribution in [1.29, 1.82) is 0 Å². The molecule has 1 aliphatic rings. The van der Waals surface area contributed by atoms with Gasteiger partial charge in [-0.25, -0.2) is 4.79 Å². The van der Waals surface area contributed by atoms with E-state index in [1.807, 2.05) is 55.5 Å². The first-order valence-corrected chi connectivity index (χ1v) is 8.69. The van der Waals surface area contributed by atoms with Gasteiger partial charge in [0, 0.05) is 37.9 Å². The number of carbonyl (C=O) groups is 1. The highest BCUT2D eigenvalue weighted by Crippen LogP contribution is 2.22. The average Bonchev–Trinajstić information content (AvgIpc) is 2.67. The number of benzene rings is 2. The van der Waals surface area contributed by atoms with E-state index in [0.717, 1.165) is 30.1 Å². The lowest BCUT2D eigenvalue weighted by molar-refractivity contribution is 0.0942. The van der Waals surface area contributed by atoms with Crippen LogP contribution in [-0.2, 0) is 11.3 Å². The van der Waals surface area contributed by atoms with Crippen LogP contribution >= 0.6 is 0 Å². The maximum Gasteiger partial charge on any atom is 0.410 e. The molecule has 5 heteroatoms. The zero-order valence-corrected chi connectivity index (χ0v) is 14.6. The summed E-state index contributed by atoms with van der Waals surface area (Å²) in [6, 6.07) is 17.8. The molecule has 0 aliphatic carbocycles. The van der Waals surface area contributed by atoms with Crippen molar-refractivity contribution < 1.29 is 14.3 Å². The van der Waals surface area contributed by atoms with Crippen molar-refractivity contribution in [2.75, 3.05) is 37.7 Å². The Bertz CT molecular complexity index is 682. The van der Waals surface area contributed by atoms with Gasteiger partial charge in [0.25, 0.3) is 0 Å². The minimum atomic E-state index is -0.244. The van der Waals surface area contributed by atoms with Crippen molar-refractivity contribution in [2.24, 2.45) is 0 Å². The Morgan fingerprint density at radius 2 is 1.76 bits per heavy atom. The number of rotatable bonds is 5. The average molecular weight is 340 g/mol. The first kappa shape index (κ1) is 17.1. The largest absolute Gasteiger partial charge is 0.494 e. The molecule has 0 N–H and O–H groups in total. The minimum Gasteiger partial charge on any atom is -0.494 e. The Hall–Kier alpha value is -2.69. The molecular formula is C20H24N2O3. The molecule has 3 rings (SSSR count). The smallest absolute Gasteiger partial charge is 0.410 e. The van der Waals surface area contributed by atoms with Gasteiger partial charge in [-0.15, -0.1) is 0 Å². The standard InChI is InChI=1S/C20H24N2O3/c1-2-24-19-10-6-9-18(15-19)21-11-13-22(14-12-21)20(23)25-16-17-7-4-3-5-8-17/h3-10,15H,2,11-14,16H2,1H3. The predicted molar refractivity (Wildman–Crippen MR) is 98.0 cm³/mol. The van der Waals surface area contributed by atoms with E-state index in [0.29, 0.717) is 26.3 Å². The molecule has 1 amide bonds. The Kier molecular flexibility index (Phi) is 5.77. The van der Waals surface area contributed by atoms with Gasteiger partial charge in [0.05, 0.1) is 6.61 Å². The summed E-state index contributed by atoms with van der Waals surface area (Å²) in [6.07, 6.45) is -0.244. The lowest BCUT2D eigenvalue weighted by atomic mass is 10.2. The number of anilines is 1. The van der Waals surface area contributed by atoms with Crippen LogP contribution in [0.2, 0.25) is 0 Å². The van der Waals surface area contributed by atoms with Gasteiger partial charge in [-0.1, -0.05) is 36.4 Å². The topological polar surface area (TPSA) is 42.0 Å². The third kappa shape index (κ3) is 4.66. The monoisotopic (exact) mass is 340 g/mol. The van der Waals surface area contributed by atoms with Crippen LogP contribution in [0, 0.1) is 0 Å². The molecule has 132 valence electrons. The van der Waals surface area contributed by atoms with Crippen molar-refractivity contribution >= 4 is 11.8 Å². The van der Waals surface area contributed by atoms with E-state index in [4.69, 9.17) is 9.47 Å². The summed E-state index contributed by atoms with van der Waals surface area (Å²) in [4.78, 5) is 16.3. The summed E-state index contributed by atoms with van der Waals surface area (Å²) in [7, 11) is 0. The van der Waals surface area contributed by atoms with Crippen LogP contribution in [-0.4, -0.2) is 43.8 Å². The summed E-state index contributed by atoms with van der Waals surface area (Å²) < 4.78 is 11.0. The van der Waals surface area contributed by atoms with E-state index in [2.05, 4.69) is 11.0 Å². The van der Waals surface area contributed by atoms with Crippen LogP contribution in [0.3, 0.4) is 0 Å². The molecule has 1 aliphatic heterocycles. The Morgan fingerprint density at radius 1 is 1.00 bits per heavy atom. The maximum atomic E-state index is 12.2. The predicted octanol–water partition coefficient (Wildman–Crippen LogP) is 3.54. The molecule has 2 aromatic rings. The minimum absolute atomic E-state index is 0.244. The highest BCUT2D eigenvalue weighted by atomic mass is 16.6. The van der Waals surface area contributed by atoms with Gasteiger partial charge in [0.2, 0.25) is 0 Å². The first-order valence-electron chi connectivity index (χ1n) is 8.69. The lowest BCUT2D eigenvalue weighted by Crippen LogP contribution is -2.48. The fourth-order valence-electron chi connectivity index (χ4n) is 2.89. The zero-order valence-electron chi connectivity index (χ0n) is 14.6. The second kappa shape index (κ2) is 8.42. The fourth-order valence-corrected chi connectivity index (χ4v) is 2.89. The molecule has 0 bridgehead atoms. The summed E-state index contributed by atoms with van der Waals surface area (Å²) in [6.45, 7) is 5.85. The van der Waals surface area contributed by atoms with Gasteiger partial charge < -0.3 is 19.3 Å². The molecule has 0 unspecified atom stereocenters. The molecule has 2 aromatic carbocycles. The second-order valence-corrected chi connectivity index (χ2v) is 5.94. The molecule has 0 aromatic heterocycles. The van der Waals surface area contributed by atoms with Gasteiger partial charge >= 0.3 is 6.09 Å². The molecule has 1 saturated heterocycles. The van der Waals surface area contributed by atoms with E-state index < -0.39 is 0 Å². The van der Waals surface area contributed by atoms with Gasteiger partial charge in [-0.2, -0.15) is 0 Å². The van der Waals surface area contributed by atoms with Gasteiger partial charge in [-0.3, -0.25) is 0 Å². The summed E-state index contributed by atoms with van der Waals surface area (Å²) in [5.74, 6) is 0.879. The van der Waals surface area contributed by atoms with E-state index in [1.165, 1.54) is 0 Å². The Morgan fingerprint density at radius 3 is 2.48 bits per heavy atom. The molecule has 0 spiro atoms.